The van der Waals surface area contributed by atoms with E-state index in [1.54, 1.807) is 6.07 Å². The van der Waals surface area contributed by atoms with Crippen LogP contribution in [0.4, 0.5) is 13.2 Å². The molecule has 1 atom stereocenters. The van der Waals surface area contributed by atoms with Crippen molar-refractivity contribution in [3.05, 3.63) is 0 Å². The number of hydrogen-bond donors (Lipinski definition) is 1. The van der Waals surface area contributed by atoms with Gasteiger partial charge in [-0.3, -0.25) is 5.43 Å². The van der Waals surface area contributed by atoms with Crippen LogP contribution in [0.3, 0.4) is 0 Å². The standard InChI is InChI=1S/C5H4F3N3/c6-5(7,8)4-1-3(2-9)10-11-4/h4,11H,1H2/t4-/m0/s1. The molecule has 0 spiro atoms. The molecule has 1 aliphatic rings. The lowest BCUT2D eigenvalue weighted by Crippen LogP contribution is -2.36. The summed E-state index contributed by atoms with van der Waals surface area (Å²) in [5.41, 5.74) is 1.73. The van der Waals surface area contributed by atoms with E-state index >= 15 is 0 Å². The number of rotatable bonds is 0. The van der Waals surface area contributed by atoms with Crippen LogP contribution in [-0.2, 0) is 0 Å². The molecular formula is C5H4F3N3. The molecule has 0 bridgehead atoms. The molecule has 0 aliphatic carbocycles. The lowest BCUT2D eigenvalue weighted by molar-refractivity contribution is -0.151. The SMILES string of the molecule is N#CC1=NN[C@H](C(F)(F)F)C1. The third-order valence-corrected chi connectivity index (χ3v) is 1.28. The molecule has 0 saturated carbocycles. The molecule has 1 rings (SSSR count). The van der Waals surface area contributed by atoms with Crippen molar-refractivity contribution in [2.24, 2.45) is 5.10 Å². The predicted octanol–water partition coefficient (Wildman–Crippen LogP) is 0.790. The maximum Gasteiger partial charge on any atom is 0.410 e. The first-order chi connectivity index (χ1) is 5.04. The number of hydrogen-bond acceptors (Lipinski definition) is 3. The Kier molecular flexibility index (Phi) is 1.72. The highest BCUT2D eigenvalue weighted by Crippen LogP contribution is 2.24. The van der Waals surface area contributed by atoms with Crippen LogP contribution in [0.5, 0.6) is 0 Å². The summed E-state index contributed by atoms with van der Waals surface area (Å²) in [6, 6.07) is -0.130. The molecule has 0 unspecified atom stereocenters. The van der Waals surface area contributed by atoms with E-state index < -0.39 is 12.2 Å². The van der Waals surface area contributed by atoms with Crippen molar-refractivity contribution in [1.29, 1.82) is 5.26 Å². The van der Waals surface area contributed by atoms with Gasteiger partial charge in [0.2, 0.25) is 0 Å². The second kappa shape index (κ2) is 2.42. The van der Waals surface area contributed by atoms with E-state index in [1.165, 1.54) is 0 Å². The molecule has 1 aliphatic heterocycles. The summed E-state index contributed by atoms with van der Waals surface area (Å²) < 4.78 is 35.5. The third-order valence-electron chi connectivity index (χ3n) is 1.28. The first kappa shape index (κ1) is 7.85. The van der Waals surface area contributed by atoms with E-state index in [2.05, 4.69) is 5.10 Å². The first-order valence-corrected chi connectivity index (χ1v) is 2.83. The van der Waals surface area contributed by atoms with E-state index in [0.717, 1.165) is 0 Å². The lowest BCUT2D eigenvalue weighted by atomic mass is 10.2. The summed E-state index contributed by atoms with van der Waals surface area (Å²) in [7, 11) is 0. The Bertz CT molecular complexity index is 224. The molecule has 3 nitrogen and oxygen atoms in total. The van der Waals surface area contributed by atoms with Gasteiger partial charge in [-0.15, -0.1) is 0 Å². The van der Waals surface area contributed by atoms with Crippen LogP contribution in [0.2, 0.25) is 0 Å². The number of nitrogens with zero attached hydrogens (tertiary/aromatic N) is 2. The van der Waals surface area contributed by atoms with Crippen molar-refractivity contribution in [2.75, 3.05) is 0 Å². The Labute approximate surface area is 60.5 Å². The molecule has 11 heavy (non-hydrogen) atoms. The molecule has 6 heteroatoms. The van der Waals surface area contributed by atoms with Gasteiger partial charge in [0.25, 0.3) is 0 Å². The normalized spacial score (nSPS) is 23.8. The van der Waals surface area contributed by atoms with Crippen molar-refractivity contribution in [3.8, 4) is 6.07 Å². The number of nitrogens with one attached hydrogen (secondary N) is 1. The van der Waals surface area contributed by atoms with Crippen LogP contribution < -0.4 is 5.43 Å². The van der Waals surface area contributed by atoms with Gasteiger partial charge in [0, 0.05) is 6.42 Å². The zero-order valence-corrected chi connectivity index (χ0v) is 5.31. The minimum atomic E-state index is -4.32. The Balaban J connectivity index is 2.56. The van der Waals surface area contributed by atoms with Crippen molar-refractivity contribution in [1.82, 2.24) is 5.43 Å². The van der Waals surface area contributed by atoms with Gasteiger partial charge < -0.3 is 0 Å². The molecule has 0 aromatic carbocycles. The van der Waals surface area contributed by atoms with E-state index in [4.69, 9.17) is 5.26 Å². The molecular weight excluding hydrogens is 159 g/mol. The van der Waals surface area contributed by atoms with Crippen LogP contribution in [0.1, 0.15) is 6.42 Å². The Morgan fingerprint density at radius 2 is 2.27 bits per heavy atom. The Morgan fingerprint density at radius 1 is 1.64 bits per heavy atom. The summed E-state index contributed by atoms with van der Waals surface area (Å²) >= 11 is 0. The lowest BCUT2D eigenvalue weighted by Gasteiger charge is -2.12. The summed E-state index contributed by atoms with van der Waals surface area (Å²) in [5, 5.41) is 11.3. The summed E-state index contributed by atoms with van der Waals surface area (Å²) in [5.74, 6) is 0. The monoisotopic (exact) mass is 163 g/mol. The van der Waals surface area contributed by atoms with Crippen LogP contribution in [0.15, 0.2) is 5.10 Å². The van der Waals surface area contributed by atoms with E-state index in [9.17, 15) is 13.2 Å². The van der Waals surface area contributed by atoms with E-state index in [0.29, 0.717) is 0 Å². The van der Waals surface area contributed by atoms with Crippen molar-refractivity contribution in [3.63, 3.8) is 0 Å². The minimum Gasteiger partial charge on any atom is -0.296 e. The van der Waals surface area contributed by atoms with E-state index in [-0.39, 0.29) is 12.1 Å². The number of alkyl halides is 3. The second-order valence-electron chi connectivity index (χ2n) is 2.10. The maximum atomic E-state index is 11.8. The van der Waals surface area contributed by atoms with Gasteiger partial charge in [0.1, 0.15) is 17.8 Å². The highest BCUT2D eigenvalue weighted by Gasteiger charge is 2.42. The van der Waals surface area contributed by atoms with Gasteiger partial charge in [-0.2, -0.15) is 23.5 Å². The zero-order valence-electron chi connectivity index (χ0n) is 5.31. The molecule has 0 amide bonds. The topological polar surface area (TPSA) is 48.2 Å². The fourth-order valence-electron chi connectivity index (χ4n) is 0.700. The fraction of sp³-hybridized carbons (Fsp3) is 0.600. The molecule has 0 aromatic rings. The highest BCUT2D eigenvalue weighted by atomic mass is 19.4. The van der Waals surface area contributed by atoms with Crippen molar-refractivity contribution >= 4 is 5.71 Å². The molecule has 0 saturated heterocycles. The van der Waals surface area contributed by atoms with Crippen molar-refractivity contribution < 1.29 is 13.2 Å². The number of nitriles is 1. The largest absolute Gasteiger partial charge is 0.410 e. The molecule has 1 heterocycles. The van der Waals surface area contributed by atoms with Crippen molar-refractivity contribution in [2.45, 2.75) is 18.6 Å². The van der Waals surface area contributed by atoms with Crippen LogP contribution in [-0.4, -0.2) is 17.9 Å². The Morgan fingerprint density at radius 3 is 2.55 bits per heavy atom. The molecule has 60 valence electrons. The molecule has 0 radical (unpaired) electrons. The quantitative estimate of drug-likeness (QED) is 0.573. The maximum absolute atomic E-state index is 11.8. The van der Waals surface area contributed by atoms with Crippen LogP contribution in [0, 0.1) is 11.3 Å². The average molecular weight is 163 g/mol. The minimum absolute atomic E-state index is 0.104. The second-order valence-corrected chi connectivity index (χ2v) is 2.10. The predicted molar refractivity (Wildman–Crippen MR) is 30.6 cm³/mol. The van der Waals surface area contributed by atoms with Gasteiger partial charge in [0.05, 0.1) is 0 Å². The average Bonchev–Trinajstić information content (AvgIpc) is 2.32. The first-order valence-electron chi connectivity index (χ1n) is 2.83. The van der Waals surface area contributed by atoms with Gasteiger partial charge in [-0.1, -0.05) is 0 Å². The van der Waals surface area contributed by atoms with Gasteiger partial charge in [0.15, 0.2) is 0 Å². The third kappa shape index (κ3) is 1.61. The molecule has 0 fully saturated rings. The highest BCUT2D eigenvalue weighted by molar-refractivity contribution is 5.99. The van der Waals surface area contributed by atoms with E-state index in [1.807, 2.05) is 5.43 Å². The van der Waals surface area contributed by atoms with Crippen LogP contribution in [0.25, 0.3) is 0 Å². The Hall–Kier alpha value is -1.25. The number of hydrazone groups is 1. The fourth-order valence-corrected chi connectivity index (χ4v) is 0.700. The summed E-state index contributed by atoms with van der Waals surface area (Å²) in [6.07, 6.45) is -4.68. The van der Waals surface area contributed by atoms with Gasteiger partial charge >= 0.3 is 6.18 Å². The smallest absolute Gasteiger partial charge is 0.296 e. The summed E-state index contributed by atoms with van der Waals surface area (Å²) in [4.78, 5) is 0. The molecule has 0 aromatic heterocycles. The van der Waals surface area contributed by atoms with Crippen LogP contribution >= 0.6 is 0 Å². The zero-order chi connectivity index (χ0) is 8.48. The summed E-state index contributed by atoms with van der Waals surface area (Å²) in [6.45, 7) is 0. The molecule has 1 N–H and O–H groups in total. The number of halogens is 3. The van der Waals surface area contributed by atoms with Gasteiger partial charge in [-0.05, 0) is 0 Å². The van der Waals surface area contributed by atoms with Gasteiger partial charge in [-0.25, -0.2) is 0 Å².